The first-order valence-electron chi connectivity index (χ1n) is 9.28. The van der Waals surface area contributed by atoms with Gasteiger partial charge in [-0.15, -0.1) is 11.3 Å². The van der Waals surface area contributed by atoms with Gasteiger partial charge in [0.25, 0.3) is 5.91 Å². The highest BCUT2D eigenvalue weighted by molar-refractivity contribution is 7.13. The normalized spacial score (nSPS) is 10.5. The van der Waals surface area contributed by atoms with Gasteiger partial charge in [0.2, 0.25) is 0 Å². The van der Waals surface area contributed by atoms with Gasteiger partial charge in [-0.05, 0) is 31.2 Å². The van der Waals surface area contributed by atoms with Crippen LogP contribution in [0.5, 0.6) is 5.75 Å². The van der Waals surface area contributed by atoms with Crippen molar-refractivity contribution in [2.45, 2.75) is 6.92 Å². The van der Waals surface area contributed by atoms with Crippen molar-refractivity contribution in [1.82, 2.24) is 4.98 Å². The lowest BCUT2D eigenvalue weighted by atomic mass is 10.1. The fourth-order valence-electron chi connectivity index (χ4n) is 2.82. The van der Waals surface area contributed by atoms with Crippen LogP contribution in [0.15, 0.2) is 84.2 Å². The quantitative estimate of drug-likeness (QED) is 0.445. The molecule has 1 amide bonds. The topological polar surface area (TPSA) is 51.2 Å². The van der Waals surface area contributed by atoms with Crippen LogP contribution in [-0.4, -0.2) is 17.5 Å². The van der Waals surface area contributed by atoms with E-state index in [0.717, 1.165) is 33.1 Å². The van der Waals surface area contributed by atoms with E-state index in [9.17, 15) is 4.79 Å². The van der Waals surface area contributed by atoms with E-state index in [4.69, 9.17) is 9.72 Å². The Balaban J connectivity index is 1.36. The van der Waals surface area contributed by atoms with E-state index in [1.54, 1.807) is 11.3 Å². The highest BCUT2D eigenvalue weighted by atomic mass is 32.1. The fraction of sp³-hybridized carbons (Fsp3) is 0.0833. The number of carbonyl (C=O) groups excluding carboxylic acids is 1. The maximum absolute atomic E-state index is 12.1. The molecule has 0 fully saturated rings. The van der Waals surface area contributed by atoms with Gasteiger partial charge >= 0.3 is 0 Å². The largest absolute Gasteiger partial charge is 0.484 e. The van der Waals surface area contributed by atoms with Crippen molar-refractivity contribution in [3.8, 4) is 27.6 Å². The molecule has 0 aliphatic heterocycles. The molecule has 0 saturated carbocycles. The summed E-state index contributed by atoms with van der Waals surface area (Å²) in [6, 6.07) is 25.4. The maximum atomic E-state index is 12.1. The second kappa shape index (κ2) is 8.71. The van der Waals surface area contributed by atoms with Crippen LogP contribution < -0.4 is 10.1 Å². The summed E-state index contributed by atoms with van der Waals surface area (Å²) in [4.78, 5) is 16.8. The number of nitrogens with one attached hydrogen (secondary N) is 1. The van der Waals surface area contributed by atoms with E-state index < -0.39 is 0 Å². The lowest BCUT2D eigenvalue weighted by molar-refractivity contribution is -0.118. The van der Waals surface area contributed by atoms with Crippen LogP contribution in [0.1, 0.15) is 5.56 Å². The number of benzene rings is 3. The summed E-state index contributed by atoms with van der Waals surface area (Å²) in [5, 5.41) is 5.89. The Morgan fingerprint density at radius 3 is 2.38 bits per heavy atom. The summed E-state index contributed by atoms with van der Waals surface area (Å²) in [5.74, 6) is 0.484. The van der Waals surface area contributed by atoms with Crippen LogP contribution in [0.4, 0.5) is 5.69 Å². The summed E-state index contributed by atoms with van der Waals surface area (Å²) >= 11 is 1.62. The molecule has 4 aromatic rings. The molecular formula is C24H20N2O2S. The van der Waals surface area contributed by atoms with E-state index in [-0.39, 0.29) is 12.5 Å². The molecule has 1 aromatic heterocycles. The smallest absolute Gasteiger partial charge is 0.262 e. The van der Waals surface area contributed by atoms with Gasteiger partial charge in [0.05, 0.1) is 5.69 Å². The third-order valence-electron chi connectivity index (χ3n) is 4.38. The van der Waals surface area contributed by atoms with E-state index in [2.05, 4.69) is 17.4 Å². The lowest BCUT2D eigenvalue weighted by Crippen LogP contribution is -2.20. The standard InChI is InChI=1S/C24H20N2O2S/c1-17-7-13-21(14-8-17)28-15-23(27)25-20-11-9-18(10-12-20)22-16-29-24(26-22)19-5-3-2-4-6-19/h2-14,16H,15H2,1H3,(H,25,27). The molecule has 5 heteroatoms. The van der Waals surface area contributed by atoms with Gasteiger partial charge < -0.3 is 10.1 Å². The number of carbonyl (C=O) groups is 1. The minimum atomic E-state index is -0.196. The third kappa shape index (κ3) is 4.89. The van der Waals surface area contributed by atoms with E-state index in [0.29, 0.717) is 5.75 Å². The lowest BCUT2D eigenvalue weighted by Gasteiger charge is -2.08. The monoisotopic (exact) mass is 400 g/mol. The average Bonchev–Trinajstić information content (AvgIpc) is 3.25. The minimum absolute atomic E-state index is 0.0304. The number of amides is 1. The van der Waals surface area contributed by atoms with Gasteiger partial charge in [-0.1, -0.05) is 60.2 Å². The highest BCUT2D eigenvalue weighted by Gasteiger charge is 2.08. The van der Waals surface area contributed by atoms with Gasteiger partial charge in [0.1, 0.15) is 10.8 Å². The van der Waals surface area contributed by atoms with Crippen LogP contribution in [0.25, 0.3) is 21.8 Å². The Labute approximate surface area is 173 Å². The van der Waals surface area contributed by atoms with Crippen molar-refractivity contribution in [2.24, 2.45) is 0 Å². The minimum Gasteiger partial charge on any atom is -0.484 e. The van der Waals surface area contributed by atoms with Gasteiger partial charge in [0, 0.05) is 22.2 Å². The average molecular weight is 401 g/mol. The van der Waals surface area contributed by atoms with Gasteiger partial charge in [0.15, 0.2) is 6.61 Å². The number of aromatic nitrogens is 1. The number of thiazole rings is 1. The first-order chi connectivity index (χ1) is 14.2. The molecule has 0 atom stereocenters. The Morgan fingerprint density at radius 1 is 0.931 bits per heavy atom. The molecule has 0 radical (unpaired) electrons. The summed E-state index contributed by atoms with van der Waals surface area (Å²) in [7, 11) is 0. The SMILES string of the molecule is Cc1ccc(OCC(=O)Nc2ccc(-c3csc(-c4ccccc4)n3)cc2)cc1. The number of ether oxygens (including phenoxy) is 1. The van der Waals surface area contributed by atoms with Gasteiger partial charge in [-0.3, -0.25) is 4.79 Å². The van der Waals surface area contributed by atoms with Crippen LogP contribution >= 0.6 is 11.3 Å². The van der Waals surface area contributed by atoms with Gasteiger partial charge in [-0.2, -0.15) is 0 Å². The molecule has 29 heavy (non-hydrogen) atoms. The fourth-order valence-corrected chi connectivity index (χ4v) is 3.66. The first kappa shape index (κ1) is 18.9. The number of nitrogens with zero attached hydrogens (tertiary/aromatic N) is 1. The summed E-state index contributed by atoms with van der Waals surface area (Å²) in [5.41, 5.74) is 4.93. The molecule has 0 bridgehead atoms. The Bertz CT molecular complexity index is 1090. The number of anilines is 1. The van der Waals surface area contributed by atoms with E-state index >= 15 is 0 Å². The zero-order chi connectivity index (χ0) is 20.1. The molecule has 1 heterocycles. The zero-order valence-corrected chi connectivity index (χ0v) is 16.8. The van der Waals surface area contributed by atoms with Gasteiger partial charge in [-0.25, -0.2) is 4.98 Å². The van der Waals surface area contributed by atoms with Crippen LogP contribution in [0.3, 0.4) is 0 Å². The number of hydrogen-bond acceptors (Lipinski definition) is 4. The summed E-state index contributed by atoms with van der Waals surface area (Å²) in [6.07, 6.45) is 0. The van der Waals surface area contributed by atoms with Crippen LogP contribution in [0, 0.1) is 6.92 Å². The highest BCUT2D eigenvalue weighted by Crippen LogP contribution is 2.29. The first-order valence-corrected chi connectivity index (χ1v) is 10.2. The number of hydrogen-bond donors (Lipinski definition) is 1. The predicted octanol–water partition coefficient (Wildman–Crippen LogP) is 5.80. The molecule has 3 aromatic carbocycles. The van der Waals surface area contributed by atoms with Crippen molar-refractivity contribution in [3.63, 3.8) is 0 Å². The summed E-state index contributed by atoms with van der Waals surface area (Å²) < 4.78 is 5.51. The third-order valence-corrected chi connectivity index (χ3v) is 5.27. The molecule has 1 N–H and O–H groups in total. The molecule has 0 aliphatic carbocycles. The molecule has 0 spiro atoms. The van der Waals surface area contributed by atoms with Crippen molar-refractivity contribution in [3.05, 3.63) is 89.8 Å². The molecule has 144 valence electrons. The molecule has 4 rings (SSSR count). The second-order valence-electron chi connectivity index (χ2n) is 6.63. The zero-order valence-electron chi connectivity index (χ0n) is 16.0. The number of aryl methyl sites for hydroxylation is 1. The van der Waals surface area contributed by atoms with E-state index in [1.165, 1.54) is 0 Å². The Kier molecular flexibility index (Phi) is 5.68. The summed E-state index contributed by atoms with van der Waals surface area (Å²) in [6.45, 7) is 1.98. The van der Waals surface area contributed by atoms with E-state index in [1.807, 2.05) is 79.0 Å². The molecule has 0 aliphatic rings. The Hall–Kier alpha value is -3.44. The van der Waals surface area contributed by atoms with Crippen LogP contribution in [-0.2, 0) is 4.79 Å². The predicted molar refractivity (Wildman–Crippen MR) is 118 cm³/mol. The second-order valence-corrected chi connectivity index (χ2v) is 7.49. The molecule has 0 saturated heterocycles. The number of rotatable bonds is 6. The molecule has 4 nitrogen and oxygen atoms in total. The molecule has 0 unspecified atom stereocenters. The van der Waals surface area contributed by atoms with Crippen molar-refractivity contribution >= 4 is 22.9 Å². The maximum Gasteiger partial charge on any atom is 0.262 e. The molecular weight excluding hydrogens is 380 g/mol. The Morgan fingerprint density at radius 2 is 1.66 bits per heavy atom. The van der Waals surface area contributed by atoms with Crippen LogP contribution in [0.2, 0.25) is 0 Å². The van der Waals surface area contributed by atoms with Crippen molar-refractivity contribution in [2.75, 3.05) is 11.9 Å². The van der Waals surface area contributed by atoms with Crippen molar-refractivity contribution < 1.29 is 9.53 Å². The van der Waals surface area contributed by atoms with Crippen molar-refractivity contribution in [1.29, 1.82) is 0 Å².